The first-order chi connectivity index (χ1) is 13.1. The minimum absolute atomic E-state index is 0.323. The minimum atomic E-state index is -0.445. The van der Waals surface area contributed by atoms with E-state index in [1.165, 1.54) is 6.07 Å². The predicted molar refractivity (Wildman–Crippen MR) is 107 cm³/mol. The summed E-state index contributed by atoms with van der Waals surface area (Å²) in [5.74, 6) is 0.358. The van der Waals surface area contributed by atoms with Crippen molar-refractivity contribution in [2.75, 3.05) is 28.6 Å². The molecule has 0 radical (unpaired) electrons. The quantitative estimate of drug-likeness (QED) is 0.693. The third-order valence-electron chi connectivity index (χ3n) is 4.70. The number of anilines is 3. The molecule has 2 aromatic carbocycles. The van der Waals surface area contributed by atoms with E-state index >= 15 is 0 Å². The number of nitrogens with one attached hydrogen (secondary N) is 2. The third-order valence-corrected chi connectivity index (χ3v) is 4.70. The van der Waals surface area contributed by atoms with Gasteiger partial charge in [0.1, 0.15) is 11.3 Å². The van der Waals surface area contributed by atoms with Crippen LogP contribution in [0, 0.1) is 12.7 Å². The molecule has 1 fully saturated rings. The number of urea groups is 1. The van der Waals surface area contributed by atoms with Gasteiger partial charge in [0, 0.05) is 29.9 Å². The van der Waals surface area contributed by atoms with Crippen molar-refractivity contribution in [2.45, 2.75) is 19.8 Å². The SMILES string of the molecule is Cc1cccc(NC(=O)Nc2cc(F)c3nc(N4CCCC4)ccc3c2)c1. The number of hydrogen-bond donors (Lipinski definition) is 2. The fourth-order valence-electron chi connectivity index (χ4n) is 3.39. The smallest absolute Gasteiger partial charge is 0.323 e. The first-order valence-electron chi connectivity index (χ1n) is 9.08. The Morgan fingerprint density at radius 1 is 1.04 bits per heavy atom. The number of nitrogens with zero attached hydrogens (tertiary/aromatic N) is 2. The molecule has 6 heteroatoms. The molecule has 27 heavy (non-hydrogen) atoms. The number of aryl methyl sites for hydroxylation is 1. The molecule has 0 unspecified atom stereocenters. The van der Waals surface area contributed by atoms with Gasteiger partial charge in [-0.3, -0.25) is 0 Å². The summed E-state index contributed by atoms with van der Waals surface area (Å²) in [4.78, 5) is 18.8. The number of amides is 2. The number of carbonyl (C=O) groups excluding carboxylic acids is 1. The van der Waals surface area contributed by atoms with Crippen LogP contribution in [-0.2, 0) is 0 Å². The summed E-state index contributed by atoms with van der Waals surface area (Å²) in [5.41, 5.74) is 2.44. The number of rotatable bonds is 3. The number of pyridine rings is 1. The molecular formula is C21H21FN4O. The number of fused-ring (bicyclic) bond motifs is 1. The van der Waals surface area contributed by atoms with Crippen molar-refractivity contribution < 1.29 is 9.18 Å². The molecule has 0 spiro atoms. The number of aromatic nitrogens is 1. The molecule has 1 aromatic heterocycles. The highest BCUT2D eigenvalue weighted by molar-refractivity contribution is 6.01. The van der Waals surface area contributed by atoms with Crippen molar-refractivity contribution in [3.8, 4) is 0 Å². The highest BCUT2D eigenvalue weighted by Crippen LogP contribution is 2.26. The predicted octanol–water partition coefficient (Wildman–Crippen LogP) is 4.93. The molecular weight excluding hydrogens is 343 g/mol. The largest absolute Gasteiger partial charge is 0.357 e. The fourth-order valence-corrected chi connectivity index (χ4v) is 3.39. The molecule has 3 aromatic rings. The Hall–Kier alpha value is -3.15. The molecule has 1 saturated heterocycles. The van der Waals surface area contributed by atoms with Gasteiger partial charge in [-0.2, -0.15) is 0 Å². The molecule has 4 rings (SSSR count). The van der Waals surface area contributed by atoms with Crippen LogP contribution >= 0.6 is 0 Å². The lowest BCUT2D eigenvalue weighted by molar-refractivity contribution is 0.262. The van der Waals surface area contributed by atoms with Crippen molar-refractivity contribution in [3.63, 3.8) is 0 Å². The van der Waals surface area contributed by atoms with Gasteiger partial charge in [-0.25, -0.2) is 14.2 Å². The van der Waals surface area contributed by atoms with Crippen LogP contribution in [0.25, 0.3) is 10.9 Å². The number of carbonyl (C=O) groups is 1. The Balaban J connectivity index is 1.53. The van der Waals surface area contributed by atoms with Gasteiger partial charge in [0.05, 0.1) is 0 Å². The summed E-state index contributed by atoms with van der Waals surface area (Å²) >= 11 is 0. The normalized spacial score (nSPS) is 13.8. The Kier molecular flexibility index (Phi) is 4.62. The van der Waals surface area contributed by atoms with Gasteiger partial charge < -0.3 is 15.5 Å². The van der Waals surface area contributed by atoms with Crippen LogP contribution in [0.15, 0.2) is 48.5 Å². The monoisotopic (exact) mass is 364 g/mol. The summed E-state index contributed by atoms with van der Waals surface area (Å²) in [7, 11) is 0. The van der Waals surface area contributed by atoms with Crippen molar-refractivity contribution in [3.05, 3.63) is 59.9 Å². The lowest BCUT2D eigenvalue weighted by Crippen LogP contribution is -2.20. The standard InChI is InChI=1S/C21H21FN4O/c1-14-5-4-6-16(11-14)23-21(27)24-17-12-15-7-8-19(26-9-2-3-10-26)25-20(15)18(22)13-17/h4-8,11-13H,2-3,9-10H2,1H3,(H2,23,24,27). The molecule has 0 aliphatic carbocycles. The maximum absolute atomic E-state index is 14.6. The topological polar surface area (TPSA) is 57.3 Å². The van der Waals surface area contributed by atoms with E-state index in [1.54, 1.807) is 12.1 Å². The van der Waals surface area contributed by atoms with Gasteiger partial charge >= 0.3 is 6.03 Å². The Morgan fingerprint density at radius 2 is 1.81 bits per heavy atom. The maximum atomic E-state index is 14.6. The Labute approximate surface area is 157 Å². The van der Waals surface area contributed by atoms with Gasteiger partial charge in [0.25, 0.3) is 0 Å². The van der Waals surface area contributed by atoms with Crippen molar-refractivity contribution in [2.24, 2.45) is 0 Å². The molecule has 0 bridgehead atoms. The summed E-state index contributed by atoms with van der Waals surface area (Å²) in [6.07, 6.45) is 2.28. The fraction of sp³-hybridized carbons (Fsp3) is 0.238. The molecule has 0 atom stereocenters. The molecule has 0 saturated carbocycles. The second kappa shape index (κ2) is 7.23. The zero-order chi connectivity index (χ0) is 18.8. The van der Waals surface area contributed by atoms with Crippen LogP contribution in [0.5, 0.6) is 0 Å². The molecule has 2 N–H and O–H groups in total. The van der Waals surface area contributed by atoms with E-state index in [0.717, 1.165) is 37.3 Å². The van der Waals surface area contributed by atoms with Crippen LogP contribution in [-0.4, -0.2) is 24.1 Å². The average Bonchev–Trinajstić information content (AvgIpc) is 3.16. The van der Waals surface area contributed by atoms with E-state index < -0.39 is 11.8 Å². The average molecular weight is 364 g/mol. The van der Waals surface area contributed by atoms with Crippen molar-refractivity contribution in [1.29, 1.82) is 0 Å². The van der Waals surface area contributed by atoms with E-state index in [0.29, 0.717) is 22.3 Å². The molecule has 5 nitrogen and oxygen atoms in total. The van der Waals surface area contributed by atoms with Gasteiger partial charge in [0.2, 0.25) is 0 Å². The first kappa shape index (κ1) is 17.3. The summed E-state index contributed by atoms with van der Waals surface area (Å²) < 4.78 is 14.6. The number of hydrogen-bond acceptors (Lipinski definition) is 3. The van der Waals surface area contributed by atoms with Gasteiger partial charge in [-0.05, 0) is 61.7 Å². The maximum Gasteiger partial charge on any atom is 0.323 e. The minimum Gasteiger partial charge on any atom is -0.357 e. The van der Waals surface area contributed by atoms with E-state index in [4.69, 9.17) is 0 Å². The number of benzene rings is 2. The lowest BCUT2D eigenvalue weighted by Gasteiger charge is -2.17. The van der Waals surface area contributed by atoms with E-state index in [1.807, 2.05) is 37.3 Å². The molecule has 2 amide bonds. The molecule has 1 aliphatic heterocycles. The highest BCUT2D eigenvalue weighted by Gasteiger charge is 2.15. The van der Waals surface area contributed by atoms with Crippen LogP contribution in [0.2, 0.25) is 0 Å². The van der Waals surface area contributed by atoms with E-state index in [9.17, 15) is 9.18 Å². The third kappa shape index (κ3) is 3.84. The van der Waals surface area contributed by atoms with Gasteiger partial charge in [0.15, 0.2) is 5.82 Å². The molecule has 2 heterocycles. The summed E-state index contributed by atoms with van der Waals surface area (Å²) in [6, 6.07) is 13.9. The van der Waals surface area contributed by atoms with Gasteiger partial charge in [-0.15, -0.1) is 0 Å². The Morgan fingerprint density at radius 3 is 2.59 bits per heavy atom. The van der Waals surface area contributed by atoms with Crippen LogP contribution < -0.4 is 15.5 Å². The Bertz CT molecular complexity index is 999. The molecule has 138 valence electrons. The second-order valence-corrected chi connectivity index (χ2v) is 6.84. The van der Waals surface area contributed by atoms with E-state index in [2.05, 4.69) is 20.5 Å². The zero-order valence-electron chi connectivity index (χ0n) is 15.1. The molecule has 1 aliphatic rings. The second-order valence-electron chi connectivity index (χ2n) is 6.84. The number of halogens is 1. The highest BCUT2D eigenvalue weighted by atomic mass is 19.1. The van der Waals surface area contributed by atoms with Crippen LogP contribution in [0.3, 0.4) is 0 Å². The van der Waals surface area contributed by atoms with Crippen molar-refractivity contribution >= 4 is 34.1 Å². The van der Waals surface area contributed by atoms with Gasteiger partial charge in [-0.1, -0.05) is 12.1 Å². The van der Waals surface area contributed by atoms with Crippen molar-refractivity contribution in [1.82, 2.24) is 4.98 Å². The lowest BCUT2D eigenvalue weighted by atomic mass is 10.2. The van der Waals surface area contributed by atoms with Crippen LogP contribution in [0.4, 0.5) is 26.4 Å². The van der Waals surface area contributed by atoms with E-state index in [-0.39, 0.29) is 0 Å². The summed E-state index contributed by atoms with van der Waals surface area (Å²) in [6.45, 7) is 3.86. The summed E-state index contributed by atoms with van der Waals surface area (Å²) in [5, 5.41) is 6.09. The first-order valence-corrected chi connectivity index (χ1v) is 9.08. The van der Waals surface area contributed by atoms with Crippen LogP contribution in [0.1, 0.15) is 18.4 Å². The zero-order valence-corrected chi connectivity index (χ0v) is 15.1.